The minimum Gasteiger partial charge on any atom is -0.372 e. The Morgan fingerprint density at radius 3 is 2.86 bits per heavy atom. The fraction of sp³-hybridized carbons (Fsp3) is 0.353. The number of rotatable bonds is 5. The molecule has 1 aromatic heterocycles. The standard InChI is InChI=1S/C17H19FN2O/c1-2-5-20-17(14-7-16(18)9-19-8-14)12-3-4-13-10-21-11-15(13)6-12/h3-4,6-9,17,20H,2,5,10-11H2,1H3. The van der Waals surface area contributed by atoms with Gasteiger partial charge in [0.1, 0.15) is 5.82 Å². The van der Waals surface area contributed by atoms with Crippen molar-refractivity contribution in [1.29, 1.82) is 0 Å². The summed E-state index contributed by atoms with van der Waals surface area (Å²) < 4.78 is 18.9. The van der Waals surface area contributed by atoms with Gasteiger partial charge in [-0.15, -0.1) is 0 Å². The van der Waals surface area contributed by atoms with Crippen molar-refractivity contribution >= 4 is 0 Å². The first-order chi connectivity index (χ1) is 10.3. The van der Waals surface area contributed by atoms with Gasteiger partial charge in [0.25, 0.3) is 0 Å². The van der Waals surface area contributed by atoms with E-state index in [4.69, 9.17) is 4.74 Å². The fourth-order valence-corrected chi connectivity index (χ4v) is 2.67. The Balaban J connectivity index is 1.95. The van der Waals surface area contributed by atoms with Gasteiger partial charge in [-0.25, -0.2) is 4.39 Å². The molecule has 3 nitrogen and oxygen atoms in total. The van der Waals surface area contributed by atoms with Crippen LogP contribution >= 0.6 is 0 Å². The second-order valence-electron chi connectivity index (χ2n) is 5.34. The van der Waals surface area contributed by atoms with E-state index >= 15 is 0 Å². The molecular formula is C17H19FN2O. The lowest BCUT2D eigenvalue weighted by atomic mass is 9.96. The number of hydrogen-bond acceptors (Lipinski definition) is 3. The summed E-state index contributed by atoms with van der Waals surface area (Å²) in [6.07, 6.45) is 3.98. The van der Waals surface area contributed by atoms with Crippen LogP contribution in [-0.4, -0.2) is 11.5 Å². The number of hydrogen-bond donors (Lipinski definition) is 1. The molecule has 1 aliphatic rings. The van der Waals surface area contributed by atoms with Crippen LogP contribution in [0.5, 0.6) is 0 Å². The molecule has 2 aromatic rings. The summed E-state index contributed by atoms with van der Waals surface area (Å²) in [7, 11) is 0. The number of fused-ring (bicyclic) bond motifs is 1. The monoisotopic (exact) mass is 286 g/mol. The number of benzene rings is 1. The molecule has 0 amide bonds. The summed E-state index contributed by atoms with van der Waals surface area (Å²) in [5.74, 6) is -0.305. The first-order valence-corrected chi connectivity index (χ1v) is 7.31. The van der Waals surface area contributed by atoms with Crippen molar-refractivity contribution < 1.29 is 9.13 Å². The third-order valence-electron chi connectivity index (χ3n) is 3.74. The number of nitrogens with zero attached hydrogens (tertiary/aromatic N) is 1. The van der Waals surface area contributed by atoms with Crippen LogP contribution in [0.2, 0.25) is 0 Å². The van der Waals surface area contributed by atoms with Crippen molar-refractivity contribution in [2.45, 2.75) is 32.6 Å². The van der Waals surface area contributed by atoms with Gasteiger partial charge >= 0.3 is 0 Å². The smallest absolute Gasteiger partial charge is 0.141 e. The van der Waals surface area contributed by atoms with E-state index in [9.17, 15) is 4.39 Å². The minimum atomic E-state index is -0.305. The van der Waals surface area contributed by atoms with Crippen molar-refractivity contribution in [3.8, 4) is 0 Å². The van der Waals surface area contributed by atoms with Gasteiger partial charge in [-0.05, 0) is 41.3 Å². The summed E-state index contributed by atoms with van der Waals surface area (Å²) in [6.45, 7) is 4.33. The number of nitrogens with one attached hydrogen (secondary N) is 1. The molecule has 2 heterocycles. The Bertz CT molecular complexity index is 630. The Morgan fingerprint density at radius 1 is 1.19 bits per heavy atom. The van der Waals surface area contributed by atoms with E-state index < -0.39 is 0 Å². The molecule has 4 heteroatoms. The average Bonchev–Trinajstić information content (AvgIpc) is 2.95. The largest absolute Gasteiger partial charge is 0.372 e. The van der Waals surface area contributed by atoms with Crippen molar-refractivity contribution in [2.24, 2.45) is 0 Å². The van der Waals surface area contributed by atoms with Crippen molar-refractivity contribution in [3.05, 3.63) is 64.7 Å². The normalized spacial score (nSPS) is 15.0. The molecule has 0 radical (unpaired) electrons. The van der Waals surface area contributed by atoms with Gasteiger partial charge in [0.15, 0.2) is 0 Å². The second-order valence-corrected chi connectivity index (χ2v) is 5.34. The maximum absolute atomic E-state index is 13.5. The van der Waals surface area contributed by atoms with Crippen LogP contribution < -0.4 is 5.32 Å². The van der Waals surface area contributed by atoms with Gasteiger partial charge in [0.2, 0.25) is 0 Å². The highest BCUT2D eigenvalue weighted by Crippen LogP contribution is 2.27. The van der Waals surface area contributed by atoms with Gasteiger partial charge in [-0.1, -0.05) is 25.1 Å². The SMILES string of the molecule is CCCNC(c1cncc(F)c1)c1ccc2c(c1)COC2. The van der Waals surface area contributed by atoms with E-state index in [0.29, 0.717) is 13.2 Å². The van der Waals surface area contributed by atoms with E-state index in [1.165, 1.54) is 17.3 Å². The lowest BCUT2D eigenvalue weighted by Gasteiger charge is -2.20. The molecule has 21 heavy (non-hydrogen) atoms. The zero-order valence-electron chi connectivity index (χ0n) is 12.1. The molecule has 0 saturated carbocycles. The van der Waals surface area contributed by atoms with Crippen LogP contribution in [0.25, 0.3) is 0 Å². The lowest BCUT2D eigenvalue weighted by Crippen LogP contribution is -2.23. The zero-order chi connectivity index (χ0) is 14.7. The molecule has 0 bridgehead atoms. The van der Waals surface area contributed by atoms with E-state index in [-0.39, 0.29) is 11.9 Å². The summed E-state index contributed by atoms with van der Waals surface area (Å²) in [4.78, 5) is 3.97. The van der Waals surface area contributed by atoms with Crippen LogP contribution in [-0.2, 0) is 18.0 Å². The molecule has 1 aromatic carbocycles. The maximum atomic E-state index is 13.5. The Morgan fingerprint density at radius 2 is 2.05 bits per heavy atom. The number of pyridine rings is 1. The Labute approximate surface area is 124 Å². The van der Waals surface area contributed by atoms with E-state index in [1.54, 1.807) is 12.3 Å². The van der Waals surface area contributed by atoms with Crippen LogP contribution in [0, 0.1) is 5.82 Å². The first kappa shape index (κ1) is 14.2. The summed E-state index contributed by atoms with van der Waals surface area (Å²) in [6, 6.07) is 7.85. The summed E-state index contributed by atoms with van der Waals surface area (Å²) in [5.41, 5.74) is 4.44. The number of ether oxygens (including phenoxy) is 1. The van der Waals surface area contributed by atoms with Gasteiger partial charge in [-0.2, -0.15) is 0 Å². The average molecular weight is 286 g/mol. The lowest BCUT2D eigenvalue weighted by molar-refractivity contribution is 0.134. The highest BCUT2D eigenvalue weighted by atomic mass is 19.1. The molecule has 0 spiro atoms. The van der Waals surface area contributed by atoms with Crippen LogP contribution in [0.1, 0.15) is 41.6 Å². The molecule has 1 unspecified atom stereocenters. The third-order valence-corrected chi connectivity index (χ3v) is 3.74. The molecule has 3 rings (SSSR count). The van der Waals surface area contributed by atoms with Gasteiger partial charge in [0, 0.05) is 6.20 Å². The summed E-state index contributed by atoms with van der Waals surface area (Å²) >= 11 is 0. The highest BCUT2D eigenvalue weighted by Gasteiger charge is 2.18. The molecule has 110 valence electrons. The number of aromatic nitrogens is 1. The topological polar surface area (TPSA) is 34.2 Å². The highest BCUT2D eigenvalue weighted by molar-refractivity contribution is 5.38. The van der Waals surface area contributed by atoms with Crippen molar-refractivity contribution in [1.82, 2.24) is 10.3 Å². The molecule has 1 aliphatic heterocycles. The van der Waals surface area contributed by atoms with E-state index in [1.807, 2.05) is 0 Å². The first-order valence-electron chi connectivity index (χ1n) is 7.31. The molecule has 0 aliphatic carbocycles. The Hall–Kier alpha value is -1.78. The molecule has 1 N–H and O–H groups in total. The molecular weight excluding hydrogens is 267 g/mol. The Kier molecular flexibility index (Phi) is 4.27. The summed E-state index contributed by atoms with van der Waals surface area (Å²) in [5, 5.41) is 3.47. The fourth-order valence-electron chi connectivity index (χ4n) is 2.67. The second kappa shape index (κ2) is 6.33. The minimum absolute atomic E-state index is 0.0425. The van der Waals surface area contributed by atoms with Gasteiger partial charge < -0.3 is 10.1 Å². The van der Waals surface area contributed by atoms with Gasteiger partial charge in [-0.3, -0.25) is 4.98 Å². The predicted octanol–water partition coefficient (Wildman–Crippen LogP) is 3.34. The van der Waals surface area contributed by atoms with Crippen molar-refractivity contribution in [3.63, 3.8) is 0 Å². The van der Waals surface area contributed by atoms with E-state index in [0.717, 1.165) is 24.1 Å². The molecule has 1 atom stereocenters. The van der Waals surface area contributed by atoms with Crippen LogP contribution in [0.15, 0.2) is 36.7 Å². The van der Waals surface area contributed by atoms with Gasteiger partial charge in [0.05, 0.1) is 25.5 Å². The van der Waals surface area contributed by atoms with Crippen LogP contribution in [0.4, 0.5) is 4.39 Å². The maximum Gasteiger partial charge on any atom is 0.141 e. The molecule has 0 saturated heterocycles. The third kappa shape index (κ3) is 3.12. The number of halogens is 1. The van der Waals surface area contributed by atoms with Crippen molar-refractivity contribution in [2.75, 3.05) is 6.54 Å². The molecule has 0 fully saturated rings. The predicted molar refractivity (Wildman–Crippen MR) is 79.3 cm³/mol. The zero-order valence-corrected chi connectivity index (χ0v) is 12.1. The van der Waals surface area contributed by atoms with Crippen LogP contribution in [0.3, 0.4) is 0 Å². The quantitative estimate of drug-likeness (QED) is 0.915. The van der Waals surface area contributed by atoms with E-state index in [2.05, 4.69) is 35.4 Å².